The van der Waals surface area contributed by atoms with E-state index in [0.29, 0.717) is 0 Å². The predicted octanol–water partition coefficient (Wildman–Crippen LogP) is 0.585. The highest BCUT2D eigenvalue weighted by molar-refractivity contribution is 5.67. The first-order valence-corrected chi connectivity index (χ1v) is 4.79. The first kappa shape index (κ1) is 11.1. The topological polar surface area (TPSA) is 75.1 Å². The van der Waals surface area contributed by atoms with Crippen LogP contribution in [0.1, 0.15) is 0 Å². The first-order valence-electron chi connectivity index (χ1n) is 4.79. The summed E-state index contributed by atoms with van der Waals surface area (Å²) in [6, 6.07) is 5.21. The number of hydrogen-bond acceptors (Lipinski definition) is 3. The van der Waals surface area contributed by atoms with Gasteiger partial charge in [0.2, 0.25) is 5.88 Å². The van der Waals surface area contributed by atoms with Crippen LogP contribution in [-0.4, -0.2) is 14.7 Å². The molecule has 6 heteroatoms. The van der Waals surface area contributed by atoms with E-state index in [1.807, 2.05) is 4.98 Å². The molecule has 0 bridgehead atoms. The molecular formula is C11H9FN2O3. The fourth-order valence-corrected chi connectivity index (χ4v) is 1.51. The second-order valence-electron chi connectivity index (χ2n) is 3.53. The number of nitrogens with one attached hydrogen (secondary N) is 1. The molecular weight excluding hydrogens is 227 g/mol. The van der Waals surface area contributed by atoms with Crippen LogP contribution in [-0.2, 0) is 7.05 Å². The Morgan fingerprint density at radius 2 is 2.06 bits per heavy atom. The molecule has 1 aromatic carbocycles. The third-order valence-electron chi connectivity index (χ3n) is 2.41. The lowest BCUT2D eigenvalue weighted by Gasteiger charge is -2.06. The Morgan fingerprint density at radius 1 is 1.35 bits per heavy atom. The molecule has 0 aliphatic carbocycles. The van der Waals surface area contributed by atoms with Crippen LogP contribution in [0.4, 0.5) is 4.39 Å². The van der Waals surface area contributed by atoms with Crippen LogP contribution >= 0.6 is 0 Å². The van der Waals surface area contributed by atoms with Gasteiger partial charge < -0.3 is 5.11 Å². The lowest BCUT2D eigenvalue weighted by Crippen LogP contribution is -2.29. The summed E-state index contributed by atoms with van der Waals surface area (Å²) in [5, 5.41) is 9.72. The summed E-state index contributed by atoms with van der Waals surface area (Å²) in [5.41, 5.74) is -1.41. The number of aromatic amines is 1. The molecule has 0 amide bonds. The molecule has 88 valence electrons. The minimum absolute atomic E-state index is 0.133. The molecule has 1 heterocycles. The van der Waals surface area contributed by atoms with Gasteiger partial charge in [-0.2, -0.15) is 0 Å². The highest BCUT2D eigenvalue weighted by Gasteiger charge is 2.14. The maximum atomic E-state index is 13.0. The minimum Gasteiger partial charge on any atom is -0.494 e. The third-order valence-corrected chi connectivity index (χ3v) is 2.41. The van der Waals surface area contributed by atoms with Gasteiger partial charge in [0.25, 0.3) is 5.56 Å². The second kappa shape index (κ2) is 3.89. The van der Waals surface area contributed by atoms with Crippen molar-refractivity contribution in [2.24, 2.45) is 7.05 Å². The number of H-pyrrole nitrogens is 1. The number of halogens is 1. The van der Waals surface area contributed by atoms with Gasteiger partial charge in [0.05, 0.1) is 0 Å². The Kier molecular flexibility index (Phi) is 2.55. The molecule has 0 saturated carbocycles. The SMILES string of the molecule is Cn1c(O)c(-c2cccc(F)c2)c(=O)[nH]c1=O. The van der Waals surface area contributed by atoms with E-state index < -0.39 is 22.9 Å². The maximum absolute atomic E-state index is 13.0. The summed E-state index contributed by atoms with van der Waals surface area (Å²) >= 11 is 0. The summed E-state index contributed by atoms with van der Waals surface area (Å²) in [5.74, 6) is -1.03. The third kappa shape index (κ3) is 1.84. The van der Waals surface area contributed by atoms with Crippen LogP contribution in [0.15, 0.2) is 33.9 Å². The Morgan fingerprint density at radius 3 is 2.71 bits per heavy atom. The van der Waals surface area contributed by atoms with Crippen molar-refractivity contribution < 1.29 is 9.50 Å². The van der Waals surface area contributed by atoms with E-state index in [9.17, 15) is 19.1 Å². The van der Waals surface area contributed by atoms with Gasteiger partial charge in [-0.3, -0.25) is 14.3 Å². The maximum Gasteiger partial charge on any atom is 0.330 e. The molecule has 5 nitrogen and oxygen atoms in total. The smallest absolute Gasteiger partial charge is 0.330 e. The molecule has 0 radical (unpaired) electrons. The Labute approximate surface area is 94.8 Å². The number of aromatic nitrogens is 2. The number of nitrogens with zero attached hydrogens (tertiary/aromatic N) is 1. The van der Waals surface area contributed by atoms with Crippen molar-refractivity contribution in [3.63, 3.8) is 0 Å². The van der Waals surface area contributed by atoms with Gasteiger partial charge >= 0.3 is 5.69 Å². The zero-order valence-corrected chi connectivity index (χ0v) is 8.90. The van der Waals surface area contributed by atoms with Crippen LogP contribution in [0.25, 0.3) is 11.1 Å². The monoisotopic (exact) mass is 236 g/mol. The summed E-state index contributed by atoms with van der Waals surface area (Å²) in [4.78, 5) is 24.8. The molecule has 0 saturated heterocycles. The lowest BCUT2D eigenvalue weighted by atomic mass is 10.1. The van der Waals surface area contributed by atoms with Crippen molar-refractivity contribution in [2.45, 2.75) is 0 Å². The highest BCUT2D eigenvalue weighted by atomic mass is 19.1. The van der Waals surface area contributed by atoms with Crippen molar-refractivity contribution in [1.29, 1.82) is 0 Å². The van der Waals surface area contributed by atoms with E-state index in [4.69, 9.17) is 0 Å². The number of hydrogen-bond donors (Lipinski definition) is 2. The van der Waals surface area contributed by atoms with E-state index >= 15 is 0 Å². The molecule has 0 unspecified atom stereocenters. The van der Waals surface area contributed by atoms with Gasteiger partial charge in [0, 0.05) is 7.05 Å². The van der Waals surface area contributed by atoms with Gasteiger partial charge in [0.15, 0.2) is 0 Å². The van der Waals surface area contributed by atoms with E-state index in [1.54, 1.807) is 0 Å². The molecule has 0 aliphatic heterocycles. The van der Waals surface area contributed by atoms with Gasteiger partial charge in [-0.1, -0.05) is 12.1 Å². The molecule has 0 aliphatic rings. The quantitative estimate of drug-likeness (QED) is 0.760. The van der Waals surface area contributed by atoms with Gasteiger partial charge in [-0.05, 0) is 17.7 Å². The van der Waals surface area contributed by atoms with Crippen LogP contribution in [0.2, 0.25) is 0 Å². The first-order chi connectivity index (χ1) is 8.00. The van der Waals surface area contributed by atoms with Crippen LogP contribution < -0.4 is 11.2 Å². The zero-order valence-electron chi connectivity index (χ0n) is 8.90. The fourth-order valence-electron chi connectivity index (χ4n) is 1.51. The molecule has 2 N–H and O–H groups in total. The van der Waals surface area contributed by atoms with Crippen molar-refractivity contribution in [1.82, 2.24) is 9.55 Å². The number of aromatic hydroxyl groups is 1. The van der Waals surface area contributed by atoms with Gasteiger partial charge in [0.1, 0.15) is 11.4 Å². The molecule has 2 aromatic rings. The average molecular weight is 236 g/mol. The summed E-state index contributed by atoms with van der Waals surface area (Å²) in [6.45, 7) is 0. The van der Waals surface area contributed by atoms with Crippen molar-refractivity contribution in [3.8, 4) is 17.0 Å². The normalized spacial score (nSPS) is 10.5. The standard InChI is InChI=1S/C11H9FN2O3/c1-14-10(16)8(9(15)13-11(14)17)6-3-2-4-7(12)5-6/h2-5,16H,1H3,(H,13,15,17). The second-order valence-corrected chi connectivity index (χ2v) is 3.53. The average Bonchev–Trinajstić information content (AvgIpc) is 2.26. The molecule has 0 fully saturated rings. The predicted molar refractivity (Wildman–Crippen MR) is 59.4 cm³/mol. The molecule has 0 spiro atoms. The Bertz CT molecular complexity index is 688. The zero-order chi connectivity index (χ0) is 12.6. The van der Waals surface area contributed by atoms with Gasteiger partial charge in [-0.25, -0.2) is 9.18 Å². The Hall–Kier alpha value is -2.37. The molecule has 2 rings (SSSR count). The van der Waals surface area contributed by atoms with Crippen molar-refractivity contribution >= 4 is 0 Å². The largest absolute Gasteiger partial charge is 0.494 e. The van der Waals surface area contributed by atoms with Crippen LogP contribution in [0.3, 0.4) is 0 Å². The van der Waals surface area contributed by atoms with E-state index in [2.05, 4.69) is 0 Å². The summed E-state index contributed by atoms with van der Waals surface area (Å²) in [6.07, 6.45) is 0. The van der Waals surface area contributed by atoms with E-state index in [-0.39, 0.29) is 11.1 Å². The molecule has 1 aromatic heterocycles. The van der Waals surface area contributed by atoms with E-state index in [1.165, 1.54) is 25.2 Å². The molecule has 0 atom stereocenters. The van der Waals surface area contributed by atoms with Gasteiger partial charge in [-0.15, -0.1) is 0 Å². The van der Waals surface area contributed by atoms with Crippen molar-refractivity contribution in [2.75, 3.05) is 0 Å². The summed E-state index contributed by atoms with van der Waals surface area (Å²) < 4.78 is 13.9. The van der Waals surface area contributed by atoms with E-state index in [0.717, 1.165) is 10.6 Å². The van der Waals surface area contributed by atoms with Crippen molar-refractivity contribution in [3.05, 3.63) is 50.9 Å². The number of benzene rings is 1. The minimum atomic E-state index is -0.754. The van der Waals surface area contributed by atoms with Crippen LogP contribution in [0, 0.1) is 5.82 Å². The van der Waals surface area contributed by atoms with Crippen LogP contribution in [0.5, 0.6) is 5.88 Å². The summed E-state index contributed by atoms with van der Waals surface area (Å²) in [7, 11) is 1.30. The molecule has 17 heavy (non-hydrogen) atoms. The lowest BCUT2D eigenvalue weighted by molar-refractivity contribution is 0.420. The fraction of sp³-hybridized carbons (Fsp3) is 0.0909. The number of rotatable bonds is 1. The highest BCUT2D eigenvalue weighted by Crippen LogP contribution is 2.23. The Balaban J connectivity index is 2.81.